The van der Waals surface area contributed by atoms with Crippen LogP contribution in [0, 0.1) is 0 Å². The van der Waals surface area contributed by atoms with E-state index in [1.54, 1.807) is 31.2 Å². The van der Waals surface area contributed by atoms with Crippen LogP contribution < -0.4 is 10.1 Å². The van der Waals surface area contributed by atoms with E-state index < -0.39 is 6.10 Å². The normalized spacial score (nSPS) is 21.2. The summed E-state index contributed by atoms with van der Waals surface area (Å²) < 4.78 is 11.1. The molecule has 1 aromatic carbocycles. The van der Waals surface area contributed by atoms with Gasteiger partial charge in [0.2, 0.25) is 0 Å². The fourth-order valence-electron chi connectivity index (χ4n) is 2.23. The zero-order valence-electron chi connectivity index (χ0n) is 11.8. The van der Waals surface area contributed by atoms with Gasteiger partial charge >= 0.3 is 0 Å². The molecule has 0 saturated carbocycles. The Kier molecular flexibility index (Phi) is 5.26. The van der Waals surface area contributed by atoms with E-state index in [1.165, 1.54) is 0 Å². The molecule has 1 amide bonds. The smallest absolute Gasteiger partial charge is 0.261 e. The van der Waals surface area contributed by atoms with Crippen molar-refractivity contribution < 1.29 is 14.3 Å². The largest absolute Gasteiger partial charge is 0.481 e. The van der Waals surface area contributed by atoms with Gasteiger partial charge in [0.1, 0.15) is 5.75 Å². The van der Waals surface area contributed by atoms with Gasteiger partial charge in [-0.2, -0.15) is 0 Å². The standard InChI is InChI=1S/C15H20ClNO3/c1-10(14-7-4-8-19-14)17-15(18)11(2)20-13-6-3-5-12(16)9-13/h3,5-6,9-11,14H,4,7-8H2,1-2H3,(H,17,18)/t10-,11+,14-/m1/s1. The molecular formula is C15H20ClNO3. The predicted molar refractivity (Wildman–Crippen MR) is 78.1 cm³/mol. The molecule has 1 fully saturated rings. The molecule has 1 aliphatic heterocycles. The van der Waals surface area contributed by atoms with Crippen LogP contribution in [0.25, 0.3) is 0 Å². The van der Waals surface area contributed by atoms with Gasteiger partial charge in [-0.15, -0.1) is 0 Å². The van der Waals surface area contributed by atoms with Gasteiger partial charge in [0, 0.05) is 11.6 Å². The minimum atomic E-state index is -0.572. The minimum absolute atomic E-state index is 0.00425. The third-order valence-corrected chi connectivity index (χ3v) is 3.61. The van der Waals surface area contributed by atoms with Crippen LogP contribution in [0.2, 0.25) is 5.02 Å². The van der Waals surface area contributed by atoms with Crippen LogP contribution in [0.5, 0.6) is 5.75 Å². The van der Waals surface area contributed by atoms with Crippen molar-refractivity contribution in [2.24, 2.45) is 0 Å². The predicted octanol–water partition coefficient (Wildman–Crippen LogP) is 2.79. The molecule has 1 aromatic rings. The lowest BCUT2D eigenvalue weighted by molar-refractivity contribution is -0.128. The van der Waals surface area contributed by atoms with E-state index in [4.69, 9.17) is 21.1 Å². The summed E-state index contributed by atoms with van der Waals surface area (Å²) in [5, 5.41) is 3.52. The number of carbonyl (C=O) groups is 1. The second-order valence-corrected chi connectivity index (χ2v) is 5.50. The highest BCUT2D eigenvalue weighted by atomic mass is 35.5. The molecule has 0 aliphatic carbocycles. The van der Waals surface area contributed by atoms with Crippen molar-refractivity contribution in [3.05, 3.63) is 29.3 Å². The van der Waals surface area contributed by atoms with E-state index in [2.05, 4.69) is 5.32 Å². The number of hydrogen-bond acceptors (Lipinski definition) is 3. The third-order valence-electron chi connectivity index (χ3n) is 3.37. The number of benzene rings is 1. The van der Waals surface area contributed by atoms with E-state index in [1.807, 2.05) is 6.92 Å². The molecule has 1 heterocycles. The first kappa shape index (κ1) is 15.1. The van der Waals surface area contributed by atoms with E-state index in [9.17, 15) is 4.79 Å². The maximum absolute atomic E-state index is 12.1. The molecule has 4 nitrogen and oxygen atoms in total. The number of nitrogens with one attached hydrogen (secondary N) is 1. The zero-order valence-corrected chi connectivity index (χ0v) is 12.5. The van der Waals surface area contributed by atoms with Crippen molar-refractivity contribution >= 4 is 17.5 Å². The van der Waals surface area contributed by atoms with E-state index in [-0.39, 0.29) is 18.1 Å². The molecule has 0 unspecified atom stereocenters. The van der Waals surface area contributed by atoms with Gasteiger partial charge in [0.25, 0.3) is 5.91 Å². The second kappa shape index (κ2) is 6.95. The van der Waals surface area contributed by atoms with Crippen LogP contribution in [0.15, 0.2) is 24.3 Å². The number of hydrogen-bond donors (Lipinski definition) is 1. The van der Waals surface area contributed by atoms with Gasteiger partial charge in [-0.25, -0.2) is 0 Å². The zero-order chi connectivity index (χ0) is 14.5. The SMILES string of the molecule is C[C@H](Oc1cccc(Cl)c1)C(=O)N[C@H](C)[C@H]1CCCO1. The van der Waals surface area contributed by atoms with Crippen molar-refractivity contribution in [1.29, 1.82) is 0 Å². The summed E-state index contributed by atoms with van der Waals surface area (Å²) in [5.74, 6) is 0.442. The van der Waals surface area contributed by atoms with Crippen molar-refractivity contribution in [2.75, 3.05) is 6.61 Å². The first-order valence-electron chi connectivity index (χ1n) is 6.90. The Labute approximate surface area is 124 Å². The lowest BCUT2D eigenvalue weighted by Crippen LogP contribution is -2.46. The Hall–Kier alpha value is -1.26. The van der Waals surface area contributed by atoms with Gasteiger partial charge < -0.3 is 14.8 Å². The molecular weight excluding hydrogens is 278 g/mol. The van der Waals surface area contributed by atoms with E-state index in [0.717, 1.165) is 19.4 Å². The van der Waals surface area contributed by atoms with Crippen molar-refractivity contribution in [3.8, 4) is 5.75 Å². The second-order valence-electron chi connectivity index (χ2n) is 5.07. The summed E-state index contributed by atoms with van der Waals surface area (Å²) in [4.78, 5) is 12.1. The van der Waals surface area contributed by atoms with Gasteiger partial charge in [0.05, 0.1) is 12.1 Å². The Morgan fingerprint density at radius 2 is 2.30 bits per heavy atom. The molecule has 5 heteroatoms. The Morgan fingerprint density at radius 3 is 2.95 bits per heavy atom. The Bertz CT molecular complexity index is 460. The number of ether oxygens (including phenoxy) is 2. The first-order chi connectivity index (χ1) is 9.56. The molecule has 110 valence electrons. The monoisotopic (exact) mass is 297 g/mol. The molecule has 1 saturated heterocycles. The van der Waals surface area contributed by atoms with Crippen LogP contribution in [0.3, 0.4) is 0 Å². The fraction of sp³-hybridized carbons (Fsp3) is 0.533. The number of halogens is 1. The molecule has 2 rings (SSSR count). The van der Waals surface area contributed by atoms with Gasteiger partial charge in [-0.3, -0.25) is 4.79 Å². The van der Waals surface area contributed by atoms with Crippen LogP contribution in [-0.2, 0) is 9.53 Å². The van der Waals surface area contributed by atoms with Crippen molar-refractivity contribution in [2.45, 2.75) is 44.9 Å². The molecule has 20 heavy (non-hydrogen) atoms. The molecule has 0 bridgehead atoms. The van der Waals surface area contributed by atoms with Crippen LogP contribution in [0.1, 0.15) is 26.7 Å². The lowest BCUT2D eigenvalue weighted by atomic mass is 10.1. The van der Waals surface area contributed by atoms with Crippen LogP contribution in [0.4, 0.5) is 0 Å². The van der Waals surface area contributed by atoms with Gasteiger partial charge in [0.15, 0.2) is 6.10 Å². The summed E-state index contributed by atoms with van der Waals surface area (Å²) >= 11 is 5.88. The van der Waals surface area contributed by atoms with E-state index >= 15 is 0 Å². The van der Waals surface area contributed by atoms with Crippen molar-refractivity contribution in [3.63, 3.8) is 0 Å². The molecule has 1 aliphatic rings. The van der Waals surface area contributed by atoms with E-state index in [0.29, 0.717) is 10.8 Å². The topological polar surface area (TPSA) is 47.6 Å². The van der Waals surface area contributed by atoms with Crippen molar-refractivity contribution in [1.82, 2.24) is 5.32 Å². The highest BCUT2D eigenvalue weighted by molar-refractivity contribution is 6.30. The summed E-state index contributed by atoms with van der Waals surface area (Å²) in [6.45, 7) is 4.46. The van der Waals surface area contributed by atoms with Gasteiger partial charge in [-0.05, 0) is 44.9 Å². The molecule has 1 N–H and O–H groups in total. The maximum atomic E-state index is 12.1. The maximum Gasteiger partial charge on any atom is 0.261 e. The summed E-state index contributed by atoms with van der Waals surface area (Å²) in [6, 6.07) is 7.01. The molecule has 0 aromatic heterocycles. The Balaban J connectivity index is 1.85. The molecule has 0 spiro atoms. The highest BCUT2D eigenvalue weighted by Gasteiger charge is 2.25. The third kappa shape index (κ3) is 4.12. The average Bonchev–Trinajstić information content (AvgIpc) is 2.92. The summed E-state index contributed by atoms with van der Waals surface area (Å²) in [6.07, 6.45) is 1.58. The number of carbonyl (C=O) groups excluding carboxylic acids is 1. The summed E-state index contributed by atoms with van der Waals surface area (Å²) in [5.41, 5.74) is 0. The van der Waals surface area contributed by atoms with Gasteiger partial charge in [-0.1, -0.05) is 17.7 Å². The summed E-state index contributed by atoms with van der Waals surface area (Å²) in [7, 11) is 0. The molecule has 3 atom stereocenters. The fourth-order valence-corrected chi connectivity index (χ4v) is 2.41. The number of rotatable bonds is 5. The Morgan fingerprint density at radius 1 is 1.50 bits per heavy atom. The molecule has 0 radical (unpaired) electrons. The van der Waals surface area contributed by atoms with Crippen LogP contribution in [-0.4, -0.2) is 30.8 Å². The quantitative estimate of drug-likeness (QED) is 0.909. The lowest BCUT2D eigenvalue weighted by Gasteiger charge is -2.22. The number of amides is 1. The highest BCUT2D eigenvalue weighted by Crippen LogP contribution is 2.19. The average molecular weight is 298 g/mol. The first-order valence-corrected chi connectivity index (χ1v) is 7.28. The minimum Gasteiger partial charge on any atom is -0.481 e. The van der Waals surface area contributed by atoms with Crippen LogP contribution >= 0.6 is 11.6 Å².